The summed E-state index contributed by atoms with van der Waals surface area (Å²) in [6.45, 7) is 1.06. The Kier molecular flexibility index (Phi) is 3.83. The highest BCUT2D eigenvalue weighted by molar-refractivity contribution is 9.10. The Morgan fingerprint density at radius 3 is 2.75 bits per heavy atom. The van der Waals surface area contributed by atoms with Crippen LogP contribution in [0.1, 0.15) is 5.56 Å². The molecule has 0 saturated heterocycles. The molecule has 0 heterocycles. The zero-order chi connectivity index (χ0) is 12.3. The average Bonchev–Trinajstić information content (AvgIpc) is 2.18. The summed E-state index contributed by atoms with van der Waals surface area (Å²) < 4.78 is 5.30. The summed E-state index contributed by atoms with van der Waals surface area (Å²) in [6, 6.07) is 2.71. The molecule has 0 aliphatic heterocycles. The number of carboxylic acids is 1. The van der Waals surface area contributed by atoms with Crippen molar-refractivity contribution in [3.63, 3.8) is 0 Å². The normalized spacial score (nSPS) is 9.88. The van der Waals surface area contributed by atoms with E-state index in [0.717, 1.165) is 0 Å². The van der Waals surface area contributed by atoms with Gasteiger partial charge in [0.05, 0.1) is 9.40 Å². The average molecular weight is 290 g/mol. The van der Waals surface area contributed by atoms with Gasteiger partial charge in [-0.05, 0) is 28.9 Å². The van der Waals surface area contributed by atoms with Crippen molar-refractivity contribution in [3.8, 4) is 5.75 Å². The Labute approximate surface area is 99.1 Å². The summed E-state index contributed by atoms with van der Waals surface area (Å²) in [4.78, 5) is 20.4. The number of hydrogen-bond acceptors (Lipinski definition) is 4. The van der Waals surface area contributed by atoms with Gasteiger partial charge in [-0.15, -0.1) is 0 Å². The monoisotopic (exact) mass is 289 g/mol. The van der Waals surface area contributed by atoms with E-state index in [0.29, 0.717) is 10.0 Å². The van der Waals surface area contributed by atoms with Crippen LogP contribution in [0.5, 0.6) is 5.75 Å². The summed E-state index contributed by atoms with van der Waals surface area (Å²) >= 11 is 3.08. The molecular weight excluding hydrogens is 282 g/mol. The first kappa shape index (κ1) is 12.4. The fourth-order valence-corrected chi connectivity index (χ4v) is 1.54. The van der Waals surface area contributed by atoms with Crippen molar-refractivity contribution >= 4 is 27.6 Å². The van der Waals surface area contributed by atoms with E-state index in [9.17, 15) is 14.9 Å². The molecule has 0 radical (unpaired) electrons. The van der Waals surface area contributed by atoms with E-state index in [-0.39, 0.29) is 11.4 Å². The molecule has 0 saturated carbocycles. The molecule has 1 rings (SSSR count). The lowest BCUT2D eigenvalue weighted by Crippen LogP contribution is -2.10. The van der Waals surface area contributed by atoms with Gasteiger partial charge in [-0.2, -0.15) is 0 Å². The number of aryl methyl sites for hydroxylation is 1. The minimum Gasteiger partial charge on any atom is -0.481 e. The molecule has 0 atom stereocenters. The number of nitro benzene ring substituents is 1. The third kappa shape index (κ3) is 2.93. The van der Waals surface area contributed by atoms with Crippen LogP contribution >= 0.6 is 15.9 Å². The maximum atomic E-state index is 10.6. The van der Waals surface area contributed by atoms with Gasteiger partial charge in [0.2, 0.25) is 0 Å². The summed E-state index contributed by atoms with van der Waals surface area (Å²) in [7, 11) is 0. The van der Waals surface area contributed by atoms with Crippen molar-refractivity contribution in [2.45, 2.75) is 6.92 Å². The van der Waals surface area contributed by atoms with Gasteiger partial charge >= 0.3 is 5.97 Å². The lowest BCUT2D eigenvalue weighted by molar-refractivity contribution is -0.385. The molecule has 7 heteroatoms. The van der Waals surface area contributed by atoms with Gasteiger partial charge in [-0.25, -0.2) is 4.79 Å². The van der Waals surface area contributed by atoms with E-state index < -0.39 is 17.5 Å². The molecule has 0 amide bonds. The zero-order valence-electron chi connectivity index (χ0n) is 8.27. The Balaban J connectivity index is 3.01. The molecule has 0 aliphatic rings. The quantitative estimate of drug-likeness (QED) is 0.677. The molecule has 0 fully saturated rings. The smallest absolute Gasteiger partial charge is 0.341 e. The van der Waals surface area contributed by atoms with Gasteiger partial charge in [0.25, 0.3) is 5.69 Å². The molecule has 0 aliphatic carbocycles. The van der Waals surface area contributed by atoms with Crippen LogP contribution < -0.4 is 4.74 Å². The minimum atomic E-state index is -1.11. The first-order valence-electron chi connectivity index (χ1n) is 4.21. The Morgan fingerprint density at radius 2 is 2.25 bits per heavy atom. The topological polar surface area (TPSA) is 89.7 Å². The maximum Gasteiger partial charge on any atom is 0.341 e. The highest BCUT2D eigenvalue weighted by Crippen LogP contribution is 2.32. The van der Waals surface area contributed by atoms with Crippen molar-refractivity contribution in [1.82, 2.24) is 0 Å². The van der Waals surface area contributed by atoms with E-state index in [4.69, 9.17) is 9.84 Å². The summed E-state index contributed by atoms with van der Waals surface area (Å²) in [5.74, 6) is -0.839. The molecule has 1 aromatic carbocycles. The second kappa shape index (κ2) is 4.93. The van der Waals surface area contributed by atoms with Crippen molar-refractivity contribution in [3.05, 3.63) is 32.3 Å². The first-order valence-corrected chi connectivity index (χ1v) is 5.00. The molecule has 16 heavy (non-hydrogen) atoms. The Bertz CT molecular complexity index is 446. The number of aliphatic carboxylic acids is 1. The van der Waals surface area contributed by atoms with E-state index in [2.05, 4.69) is 15.9 Å². The highest BCUT2D eigenvalue weighted by Gasteiger charge is 2.15. The Morgan fingerprint density at radius 1 is 1.62 bits per heavy atom. The van der Waals surface area contributed by atoms with Crippen LogP contribution in [0.3, 0.4) is 0 Å². The molecule has 1 N–H and O–H groups in total. The van der Waals surface area contributed by atoms with Crippen molar-refractivity contribution in [1.29, 1.82) is 0 Å². The highest BCUT2D eigenvalue weighted by atomic mass is 79.9. The second-order valence-corrected chi connectivity index (χ2v) is 3.86. The molecular formula is C9H8BrNO5. The summed E-state index contributed by atoms with van der Waals surface area (Å²) in [6.07, 6.45) is 0. The van der Waals surface area contributed by atoms with Gasteiger partial charge in [0.1, 0.15) is 5.75 Å². The number of carboxylic acid groups (broad SMARTS) is 1. The lowest BCUT2D eigenvalue weighted by Gasteiger charge is -2.07. The first-order chi connectivity index (χ1) is 7.41. The number of ether oxygens (including phenoxy) is 1. The van der Waals surface area contributed by atoms with Crippen LogP contribution in [0, 0.1) is 17.0 Å². The number of hydrogen-bond donors (Lipinski definition) is 1. The van der Waals surface area contributed by atoms with E-state index in [1.807, 2.05) is 0 Å². The van der Waals surface area contributed by atoms with Gasteiger partial charge < -0.3 is 9.84 Å². The van der Waals surface area contributed by atoms with Crippen LogP contribution in [0.25, 0.3) is 0 Å². The predicted octanol–water partition coefficient (Wildman–Crippen LogP) is 2.13. The summed E-state index contributed by atoms with van der Waals surface area (Å²) in [5, 5.41) is 19.0. The molecule has 0 spiro atoms. The number of benzene rings is 1. The maximum absolute atomic E-state index is 10.6. The number of nitrogens with zero attached hydrogens (tertiary/aromatic N) is 1. The van der Waals surface area contributed by atoms with E-state index in [1.165, 1.54) is 12.1 Å². The molecule has 0 unspecified atom stereocenters. The van der Waals surface area contributed by atoms with Crippen molar-refractivity contribution in [2.75, 3.05) is 6.61 Å². The number of halogens is 1. The SMILES string of the molecule is Cc1cc(OCC(=O)O)c(Br)cc1[N+](=O)[O-]. The molecule has 0 bridgehead atoms. The van der Waals surface area contributed by atoms with E-state index >= 15 is 0 Å². The number of nitro groups is 1. The van der Waals surface area contributed by atoms with Gasteiger partial charge in [0, 0.05) is 11.6 Å². The fraction of sp³-hybridized carbons (Fsp3) is 0.222. The van der Waals surface area contributed by atoms with Gasteiger partial charge in [-0.1, -0.05) is 0 Å². The molecule has 0 aromatic heterocycles. The van der Waals surface area contributed by atoms with Gasteiger partial charge in [-0.3, -0.25) is 10.1 Å². The predicted molar refractivity (Wildman–Crippen MR) is 58.7 cm³/mol. The summed E-state index contributed by atoms with van der Waals surface area (Å²) in [5.41, 5.74) is 0.364. The van der Waals surface area contributed by atoms with Crippen LogP contribution in [-0.4, -0.2) is 22.6 Å². The molecule has 1 aromatic rings. The number of carbonyl (C=O) groups is 1. The third-order valence-electron chi connectivity index (χ3n) is 1.80. The largest absolute Gasteiger partial charge is 0.481 e. The van der Waals surface area contributed by atoms with Crippen LogP contribution in [0.2, 0.25) is 0 Å². The lowest BCUT2D eigenvalue weighted by atomic mass is 10.2. The van der Waals surface area contributed by atoms with Gasteiger partial charge in [0.15, 0.2) is 6.61 Å². The molecule has 6 nitrogen and oxygen atoms in total. The Hall–Kier alpha value is -1.63. The van der Waals surface area contributed by atoms with Crippen molar-refractivity contribution in [2.24, 2.45) is 0 Å². The van der Waals surface area contributed by atoms with Crippen LogP contribution in [-0.2, 0) is 4.79 Å². The number of rotatable bonds is 4. The minimum absolute atomic E-state index is 0.0467. The third-order valence-corrected chi connectivity index (χ3v) is 2.42. The fourth-order valence-electron chi connectivity index (χ4n) is 1.09. The van der Waals surface area contributed by atoms with E-state index in [1.54, 1.807) is 6.92 Å². The zero-order valence-corrected chi connectivity index (χ0v) is 9.85. The second-order valence-electron chi connectivity index (χ2n) is 3.01. The van der Waals surface area contributed by atoms with Crippen LogP contribution in [0.4, 0.5) is 5.69 Å². The van der Waals surface area contributed by atoms with Crippen LogP contribution in [0.15, 0.2) is 16.6 Å². The standard InChI is InChI=1S/C9H8BrNO5/c1-5-2-8(16-4-9(12)13)6(10)3-7(5)11(14)15/h2-3H,4H2,1H3,(H,12,13). The van der Waals surface area contributed by atoms with Crippen molar-refractivity contribution < 1.29 is 19.6 Å². The molecule has 86 valence electrons.